The van der Waals surface area contributed by atoms with E-state index in [1.165, 1.54) is 170 Å². The van der Waals surface area contributed by atoms with E-state index < -0.39 is 0 Å². The first-order chi connectivity index (χ1) is 50.1. The number of para-hydroxylation sites is 9. The first-order valence-electron chi connectivity index (χ1n) is 34.1. The maximum absolute atomic E-state index is 4.20. The molecule has 0 amide bonds. The molecule has 8 heteroatoms. The molecule has 0 atom stereocenters. The summed E-state index contributed by atoms with van der Waals surface area (Å²) < 4.78 is 13.5. The Labute approximate surface area is 603 Å². The first kappa shape index (κ1) is 60.5. The van der Waals surface area contributed by atoms with Crippen molar-refractivity contribution >= 4 is 157 Å². The van der Waals surface area contributed by atoms with Gasteiger partial charge in [-0.15, -0.1) is 0 Å². The van der Waals surface area contributed by atoms with E-state index in [0.29, 0.717) is 0 Å². The summed E-state index contributed by atoms with van der Waals surface area (Å²) in [5, 5.41) is 17.6. The normalized spacial score (nSPS) is 11.9. The molecule has 0 saturated heterocycles. The summed E-state index contributed by atoms with van der Waals surface area (Å²) in [7, 11) is 4.20. The molecule has 0 aliphatic heterocycles. The Morgan fingerprint density at radius 3 is 1.01 bits per heavy atom. The van der Waals surface area contributed by atoms with Crippen LogP contribution in [0.2, 0.25) is 0 Å². The van der Waals surface area contributed by atoms with Crippen LogP contribution < -0.4 is 0 Å². The van der Waals surface area contributed by atoms with Gasteiger partial charge in [0, 0.05) is 81.5 Å². The topological polar surface area (TPSA) is 24.6 Å². The van der Waals surface area contributed by atoms with Gasteiger partial charge < -0.3 is 22.8 Å². The Morgan fingerprint density at radius 2 is 0.554 bits per heavy atom. The molecule has 0 radical (unpaired) electrons. The fourth-order valence-corrected chi connectivity index (χ4v) is 17.0. The summed E-state index contributed by atoms with van der Waals surface area (Å²) in [6.07, 6.45) is 0.940. The van der Waals surface area contributed by atoms with E-state index in [4.69, 9.17) is 0 Å². The van der Waals surface area contributed by atoms with Crippen molar-refractivity contribution in [2.75, 3.05) is 0 Å². The van der Waals surface area contributed by atoms with Gasteiger partial charge in [-0.3, -0.25) is 0 Å². The molecule has 22 rings (SSSR count). The molecule has 5 aromatic heterocycles. The minimum absolute atomic E-state index is 0.940. The number of hydrogen-bond donors (Lipinski definition) is 0. The number of aromatic nitrogens is 5. The zero-order valence-electron chi connectivity index (χ0n) is 54.5. The van der Waals surface area contributed by atoms with Gasteiger partial charge in [0.05, 0.1) is 72.2 Å². The van der Waals surface area contributed by atoms with Gasteiger partial charge in [0.25, 0.3) is 0 Å². The van der Waals surface area contributed by atoms with Crippen LogP contribution >= 0.6 is 26.0 Å². The maximum atomic E-state index is 4.20. The van der Waals surface area contributed by atoms with Crippen molar-refractivity contribution in [3.8, 4) is 39.6 Å². The van der Waals surface area contributed by atoms with Crippen molar-refractivity contribution < 1.29 is 15.1 Å². The van der Waals surface area contributed by atoms with E-state index in [2.05, 4.69) is 404 Å². The summed E-state index contributed by atoms with van der Waals surface area (Å²) in [4.78, 5) is 0. The fourth-order valence-electron chi connectivity index (χ4n) is 16.5. The Bertz CT molecular complexity index is 6660. The van der Waals surface area contributed by atoms with E-state index >= 15 is 0 Å². The number of nitrogens with zero attached hydrogens (tertiary/aromatic N) is 5. The van der Waals surface area contributed by atoms with Gasteiger partial charge in [-0.2, -0.15) is 0 Å². The Kier molecular flexibility index (Phi) is 14.9. The van der Waals surface area contributed by atoms with Gasteiger partial charge in [-0.25, -0.2) is 0 Å². The van der Waals surface area contributed by atoms with Gasteiger partial charge in [-0.05, 0) is 129 Å². The SMILES string of the molecule is Brc1cccc2ccccc12.[Cl][Cu].c1ccc2c(-n3c4ccccc4c4cc(-n5c6ccccc6c6ccccc65)cc(-n5c6ccccc6c6ccccc65)c43)cccc2c1.c1ccc2c(c1)Cc1c-2cc(-n2c3ccccc3c3ccccc32)cc1-n1c2ccccc2c2ccccc21. The van der Waals surface area contributed by atoms with Crippen LogP contribution in [-0.4, -0.2) is 22.8 Å². The van der Waals surface area contributed by atoms with Crippen LogP contribution in [0.3, 0.4) is 0 Å². The third-order valence-corrected chi connectivity index (χ3v) is 21.4. The van der Waals surface area contributed by atoms with Crippen molar-refractivity contribution in [2.24, 2.45) is 0 Å². The van der Waals surface area contributed by atoms with Crippen LogP contribution in [0.1, 0.15) is 11.1 Å². The van der Waals surface area contributed by atoms with Gasteiger partial charge >= 0.3 is 25.2 Å². The fraction of sp³-hybridized carbons (Fsp3) is 0.0108. The summed E-state index contributed by atoms with van der Waals surface area (Å²) in [6.45, 7) is 0. The van der Waals surface area contributed by atoms with Crippen molar-refractivity contribution in [2.45, 2.75) is 6.42 Å². The van der Waals surface area contributed by atoms with Crippen LogP contribution in [0.4, 0.5) is 0 Å². The molecule has 101 heavy (non-hydrogen) atoms. The van der Waals surface area contributed by atoms with Crippen molar-refractivity contribution in [3.05, 3.63) is 367 Å². The third kappa shape index (κ3) is 9.71. The number of halogens is 2. The molecule has 1 aliphatic rings. The molecule has 16 aromatic carbocycles. The molecule has 0 saturated carbocycles. The average Bonchev–Trinajstić information content (AvgIpc) is 1.56. The smallest absolute Gasteiger partial charge is 0.0784 e. The molecule has 482 valence electrons. The van der Waals surface area contributed by atoms with E-state index in [1.54, 1.807) is 0 Å². The Morgan fingerprint density at radius 1 is 0.238 bits per heavy atom. The second-order valence-electron chi connectivity index (χ2n) is 26.0. The molecular formula is C93H60BrClCuN5. The predicted molar refractivity (Wildman–Crippen MR) is 428 cm³/mol. The average molecular weight is 1430 g/mol. The maximum Gasteiger partial charge on any atom is 0.0784 e. The van der Waals surface area contributed by atoms with E-state index in [1.807, 2.05) is 12.1 Å². The number of hydrogen-bond acceptors (Lipinski definition) is 0. The number of rotatable bonds is 5. The van der Waals surface area contributed by atoms with Crippen molar-refractivity contribution in [1.29, 1.82) is 0 Å². The zero-order valence-corrected chi connectivity index (χ0v) is 57.8. The molecule has 0 unspecified atom stereocenters. The van der Waals surface area contributed by atoms with Gasteiger partial charge in [0.15, 0.2) is 0 Å². The third-order valence-electron chi connectivity index (χ3n) is 20.7. The molecule has 5 heterocycles. The van der Waals surface area contributed by atoms with Crippen LogP contribution in [0.15, 0.2) is 356 Å². The Hall–Kier alpha value is -11.7. The van der Waals surface area contributed by atoms with Gasteiger partial charge in [0.2, 0.25) is 0 Å². The second kappa shape index (κ2) is 24.9. The Balaban J connectivity index is 0.000000121. The monoisotopic (exact) mass is 1420 g/mol. The minimum atomic E-state index is 0.940. The number of benzene rings is 16. The molecule has 0 N–H and O–H groups in total. The molecular weight excluding hydrogens is 1370 g/mol. The summed E-state index contributed by atoms with van der Waals surface area (Å²) in [6, 6.07) is 128. The van der Waals surface area contributed by atoms with Crippen molar-refractivity contribution in [1.82, 2.24) is 22.8 Å². The molecule has 0 spiro atoms. The van der Waals surface area contributed by atoms with Gasteiger partial charge in [0.1, 0.15) is 0 Å². The zero-order chi connectivity index (χ0) is 67.2. The van der Waals surface area contributed by atoms with Crippen LogP contribution in [-0.2, 0) is 21.5 Å². The largest absolute Gasteiger partial charge is 0.309 e. The standard InChI is InChI=1S/C46H29N3.C37H24N2.C10H7Br.ClH.Cu/c1-2-16-32-30(14-1)15-13-27-39(32)49-44-26-12-7-21-37(44)38-28-31(47-40-22-8-3-17-33(40)34-18-4-9-23-41(34)47)29-45(46(38)49)48-42-24-10-5-19-35(42)36-20-6-11-25-43(36)48;1-2-12-26-24(11-1)21-32-31(26)22-25(38-33-17-7-3-13-27(33)28-14-4-8-18-34(28)38)23-37(32)39-35-19-9-5-15-29(35)30-16-6-10-20-36(30)39;11-10-7-3-5-8-4-1-2-6-9(8)10;;/h1-29H;1-20,22-23H,21H2;1-7H;1H;/q;;;;+1/p-1. The van der Waals surface area contributed by atoms with Crippen LogP contribution in [0.5, 0.6) is 0 Å². The summed E-state index contributed by atoms with van der Waals surface area (Å²) in [5.41, 5.74) is 23.5. The van der Waals surface area contributed by atoms with Gasteiger partial charge in [-0.1, -0.05) is 277 Å². The first-order valence-corrected chi connectivity index (χ1v) is 36.2. The molecule has 1 aliphatic carbocycles. The van der Waals surface area contributed by atoms with Crippen LogP contribution in [0.25, 0.3) is 170 Å². The number of fused-ring (bicyclic) bond motifs is 20. The van der Waals surface area contributed by atoms with Crippen molar-refractivity contribution in [3.63, 3.8) is 0 Å². The molecule has 0 fully saturated rings. The minimum Gasteiger partial charge on any atom is -0.309 e. The van der Waals surface area contributed by atoms with Crippen LogP contribution in [0, 0.1) is 0 Å². The van der Waals surface area contributed by atoms with E-state index in [-0.39, 0.29) is 0 Å². The molecule has 5 nitrogen and oxygen atoms in total. The summed E-state index contributed by atoms with van der Waals surface area (Å²) >= 11 is 7.16. The quantitative estimate of drug-likeness (QED) is 0.153. The van der Waals surface area contributed by atoms with E-state index in [9.17, 15) is 0 Å². The second-order valence-corrected chi connectivity index (χ2v) is 26.8. The van der Waals surface area contributed by atoms with E-state index in [0.717, 1.165) is 22.3 Å². The predicted octanol–water partition coefficient (Wildman–Crippen LogP) is 25.9. The molecule has 0 bridgehead atoms. The molecule has 21 aromatic rings. The summed E-state index contributed by atoms with van der Waals surface area (Å²) in [5.74, 6) is 0.